The Kier molecular flexibility index (Phi) is 6.04. The number of hydrogen-bond acceptors (Lipinski definition) is 4. The Morgan fingerprint density at radius 3 is 2.10 bits per heavy atom. The SMILES string of the molecule is O=CC1C(CCSc2ccc(F)cc2)C(c2ccc(O)cc2)N1c1ccc(F)cc1. The van der Waals surface area contributed by atoms with Gasteiger partial charge in [0.05, 0.1) is 12.1 Å². The van der Waals surface area contributed by atoms with Gasteiger partial charge < -0.3 is 14.8 Å². The molecule has 0 radical (unpaired) electrons. The van der Waals surface area contributed by atoms with Crippen molar-refractivity contribution in [3.63, 3.8) is 0 Å². The summed E-state index contributed by atoms with van der Waals surface area (Å²) in [5, 5.41) is 9.65. The zero-order valence-corrected chi connectivity index (χ0v) is 16.9. The first-order valence-corrected chi connectivity index (χ1v) is 10.7. The van der Waals surface area contributed by atoms with Gasteiger partial charge in [0.1, 0.15) is 23.7 Å². The maximum absolute atomic E-state index is 13.4. The first kappa shape index (κ1) is 20.4. The minimum atomic E-state index is -0.324. The van der Waals surface area contributed by atoms with E-state index in [2.05, 4.69) is 0 Å². The number of nitrogens with zero attached hydrogens (tertiary/aromatic N) is 1. The molecule has 4 rings (SSSR count). The molecule has 1 N–H and O–H groups in total. The highest BCUT2D eigenvalue weighted by Crippen LogP contribution is 2.48. The molecule has 3 nitrogen and oxygen atoms in total. The lowest BCUT2D eigenvalue weighted by atomic mass is 9.74. The molecule has 30 heavy (non-hydrogen) atoms. The number of aldehydes is 1. The van der Waals surface area contributed by atoms with Gasteiger partial charge in [-0.3, -0.25) is 0 Å². The predicted octanol–water partition coefficient (Wildman–Crippen LogP) is 5.60. The van der Waals surface area contributed by atoms with Gasteiger partial charge in [-0.2, -0.15) is 0 Å². The third kappa shape index (κ3) is 4.19. The molecule has 1 aliphatic rings. The van der Waals surface area contributed by atoms with Crippen molar-refractivity contribution in [3.8, 4) is 5.75 Å². The lowest BCUT2D eigenvalue weighted by molar-refractivity contribution is -0.112. The predicted molar refractivity (Wildman–Crippen MR) is 115 cm³/mol. The number of phenols is 1. The van der Waals surface area contributed by atoms with Crippen LogP contribution in [0.4, 0.5) is 14.5 Å². The Bertz CT molecular complexity index is 993. The summed E-state index contributed by atoms with van der Waals surface area (Å²) in [7, 11) is 0. The highest BCUT2D eigenvalue weighted by atomic mass is 32.2. The molecule has 3 aromatic rings. The Morgan fingerprint density at radius 2 is 1.50 bits per heavy atom. The number of halogens is 2. The number of anilines is 1. The largest absolute Gasteiger partial charge is 0.508 e. The molecule has 3 unspecified atom stereocenters. The number of rotatable bonds is 7. The van der Waals surface area contributed by atoms with E-state index in [9.17, 15) is 18.7 Å². The Balaban J connectivity index is 1.55. The summed E-state index contributed by atoms with van der Waals surface area (Å²) >= 11 is 1.63. The van der Waals surface area contributed by atoms with Crippen molar-refractivity contribution < 1.29 is 18.7 Å². The number of hydrogen-bond donors (Lipinski definition) is 1. The maximum atomic E-state index is 13.4. The van der Waals surface area contributed by atoms with E-state index in [0.717, 1.165) is 34.6 Å². The molecule has 6 heteroatoms. The number of carbonyl (C=O) groups excluding carboxylic acids is 1. The van der Waals surface area contributed by atoms with E-state index >= 15 is 0 Å². The Hall–Kier alpha value is -2.86. The molecule has 154 valence electrons. The average molecular weight is 426 g/mol. The van der Waals surface area contributed by atoms with E-state index in [1.165, 1.54) is 24.3 Å². The molecule has 0 saturated carbocycles. The summed E-state index contributed by atoms with van der Waals surface area (Å²) < 4.78 is 26.5. The molecule has 0 spiro atoms. The molecule has 3 aromatic carbocycles. The number of benzene rings is 3. The molecule has 0 aromatic heterocycles. The van der Waals surface area contributed by atoms with Gasteiger partial charge in [0.2, 0.25) is 0 Å². The third-order valence-corrected chi connectivity index (χ3v) is 6.54. The second kappa shape index (κ2) is 8.88. The standard InChI is InChI=1S/C24H21F2NO2S/c25-17-3-7-19(8-4-17)27-23(15-28)22(24(27)16-1-9-20(29)10-2-16)13-14-30-21-11-5-18(26)6-12-21/h1-12,15,22-24,29H,13-14H2. The molecular weight excluding hydrogens is 404 g/mol. The summed E-state index contributed by atoms with van der Waals surface area (Å²) in [6.45, 7) is 0. The highest BCUT2D eigenvalue weighted by molar-refractivity contribution is 7.99. The van der Waals surface area contributed by atoms with Gasteiger partial charge in [-0.25, -0.2) is 8.78 Å². The van der Waals surface area contributed by atoms with Gasteiger partial charge in [0, 0.05) is 16.5 Å². The van der Waals surface area contributed by atoms with Crippen LogP contribution in [0.25, 0.3) is 0 Å². The summed E-state index contributed by atoms with van der Waals surface area (Å²) in [5.74, 6) is 0.454. The first-order chi connectivity index (χ1) is 14.6. The van der Waals surface area contributed by atoms with Crippen LogP contribution in [0.5, 0.6) is 5.75 Å². The van der Waals surface area contributed by atoms with Crippen LogP contribution in [-0.2, 0) is 4.79 Å². The molecule has 3 atom stereocenters. The summed E-state index contributed by atoms with van der Waals surface area (Å²) in [4.78, 5) is 14.9. The van der Waals surface area contributed by atoms with Crippen molar-refractivity contribution in [2.24, 2.45) is 5.92 Å². The third-order valence-electron chi connectivity index (χ3n) is 5.50. The Morgan fingerprint density at radius 1 is 0.900 bits per heavy atom. The minimum Gasteiger partial charge on any atom is -0.508 e. The highest BCUT2D eigenvalue weighted by Gasteiger charge is 2.48. The molecule has 1 saturated heterocycles. The van der Waals surface area contributed by atoms with Gasteiger partial charge in [-0.15, -0.1) is 11.8 Å². The molecule has 1 fully saturated rings. The second-order valence-corrected chi connectivity index (χ2v) is 8.47. The van der Waals surface area contributed by atoms with E-state index in [1.807, 2.05) is 17.0 Å². The van der Waals surface area contributed by atoms with Crippen LogP contribution in [0.15, 0.2) is 77.7 Å². The number of aromatic hydroxyl groups is 1. The van der Waals surface area contributed by atoms with Crippen molar-refractivity contribution in [1.82, 2.24) is 0 Å². The van der Waals surface area contributed by atoms with Crippen LogP contribution in [0.2, 0.25) is 0 Å². The van der Waals surface area contributed by atoms with E-state index < -0.39 is 0 Å². The molecule has 0 aliphatic carbocycles. The van der Waals surface area contributed by atoms with Crippen LogP contribution in [0.1, 0.15) is 18.0 Å². The smallest absolute Gasteiger partial charge is 0.142 e. The van der Waals surface area contributed by atoms with Crippen LogP contribution in [0, 0.1) is 17.6 Å². The van der Waals surface area contributed by atoms with Gasteiger partial charge in [0.15, 0.2) is 0 Å². The van der Waals surface area contributed by atoms with Crippen molar-refractivity contribution in [3.05, 3.63) is 90.0 Å². The fourth-order valence-electron chi connectivity index (χ4n) is 4.05. The lowest BCUT2D eigenvalue weighted by Gasteiger charge is -2.55. The van der Waals surface area contributed by atoms with Crippen molar-refractivity contribution in [1.29, 1.82) is 0 Å². The van der Waals surface area contributed by atoms with Crippen LogP contribution < -0.4 is 4.90 Å². The fourth-order valence-corrected chi connectivity index (χ4v) is 5.00. The normalized spacial score (nSPS) is 20.6. The quantitative estimate of drug-likeness (QED) is 0.395. The van der Waals surface area contributed by atoms with E-state index in [1.54, 1.807) is 48.2 Å². The molecule has 1 aliphatic heterocycles. The monoisotopic (exact) mass is 425 g/mol. The van der Waals surface area contributed by atoms with Crippen molar-refractivity contribution in [2.45, 2.75) is 23.4 Å². The molecule has 0 bridgehead atoms. The summed E-state index contributed by atoms with van der Waals surface area (Å²) in [5.41, 5.74) is 1.78. The first-order valence-electron chi connectivity index (χ1n) is 9.73. The Labute approximate surface area is 178 Å². The molecule has 0 amide bonds. The van der Waals surface area contributed by atoms with Gasteiger partial charge in [0.25, 0.3) is 0 Å². The van der Waals surface area contributed by atoms with E-state index in [4.69, 9.17) is 0 Å². The fraction of sp³-hybridized carbons (Fsp3) is 0.208. The summed E-state index contributed by atoms with van der Waals surface area (Å²) in [6, 6.07) is 19.1. The van der Waals surface area contributed by atoms with Gasteiger partial charge in [-0.05, 0) is 78.4 Å². The van der Waals surface area contributed by atoms with E-state index in [0.29, 0.717) is 0 Å². The van der Waals surface area contributed by atoms with Crippen LogP contribution in [0.3, 0.4) is 0 Å². The van der Waals surface area contributed by atoms with Crippen molar-refractivity contribution >= 4 is 23.7 Å². The lowest BCUT2D eigenvalue weighted by Crippen LogP contribution is -2.59. The minimum absolute atomic E-state index is 0.0555. The van der Waals surface area contributed by atoms with Crippen LogP contribution in [-0.4, -0.2) is 23.2 Å². The van der Waals surface area contributed by atoms with Gasteiger partial charge >= 0.3 is 0 Å². The maximum Gasteiger partial charge on any atom is 0.142 e. The zero-order valence-electron chi connectivity index (χ0n) is 16.1. The summed E-state index contributed by atoms with van der Waals surface area (Å²) in [6.07, 6.45) is 1.74. The van der Waals surface area contributed by atoms with Crippen molar-refractivity contribution in [2.75, 3.05) is 10.7 Å². The van der Waals surface area contributed by atoms with Crippen LogP contribution >= 0.6 is 11.8 Å². The topological polar surface area (TPSA) is 40.5 Å². The zero-order chi connectivity index (χ0) is 21.1. The molecule has 1 heterocycles. The number of thioether (sulfide) groups is 1. The average Bonchev–Trinajstić information content (AvgIpc) is 2.74. The van der Waals surface area contributed by atoms with Gasteiger partial charge in [-0.1, -0.05) is 12.1 Å². The molecular formula is C24H21F2NO2S. The number of carbonyl (C=O) groups is 1. The number of phenolic OH excluding ortho intramolecular Hbond substituents is 1. The second-order valence-electron chi connectivity index (χ2n) is 7.30. The van der Waals surface area contributed by atoms with E-state index in [-0.39, 0.29) is 35.4 Å².